The molecule has 0 aliphatic carbocycles. The SMILES string of the molecule is CC(C)Oc1ccc(NS(=O)(=O)CC(=O)NC(C)c2ccc3c(c2)NC(=O)CO3)cc1. The highest BCUT2D eigenvalue weighted by Crippen LogP contribution is 2.30. The zero-order chi connectivity index (χ0) is 22.6. The molecule has 2 aromatic rings. The minimum Gasteiger partial charge on any atom is -0.491 e. The van der Waals surface area contributed by atoms with Crippen LogP contribution in [0.2, 0.25) is 0 Å². The van der Waals surface area contributed by atoms with Gasteiger partial charge in [0.1, 0.15) is 17.3 Å². The van der Waals surface area contributed by atoms with E-state index in [1.165, 1.54) is 0 Å². The Morgan fingerprint density at radius 3 is 2.55 bits per heavy atom. The van der Waals surface area contributed by atoms with E-state index in [2.05, 4.69) is 15.4 Å². The second-order valence-corrected chi connectivity index (χ2v) is 9.16. The number of sulfonamides is 1. The van der Waals surface area contributed by atoms with Gasteiger partial charge in [0, 0.05) is 5.69 Å². The van der Waals surface area contributed by atoms with Crippen LogP contribution in [0.15, 0.2) is 42.5 Å². The van der Waals surface area contributed by atoms with E-state index >= 15 is 0 Å². The Labute approximate surface area is 181 Å². The van der Waals surface area contributed by atoms with Crippen molar-refractivity contribution in [1.82, 2.24) is 5.32 Å². The molecule has 1 aliphatic rings. The molecule has 2 amide bonds. The van der Waals surface area contributed by atoms with Crippen molar-refractivity contribution >= 4 is 33.2 Å². The monoisotopic (exact) mass is 447 g/mol. The van der Waals surface area contributed by atoms with Crippen molar-refractivity contribution in [3.05, 3.63) is 48.0 Å². The lowest BCUT2D eigenvalue weighted by Gasteiger charge is -2.21. The third kappa shape index (κ3) is 6.35. The number of ether oxygens (including phenoxy) is 2. The molecular weight excluding hydrogens is 422 g/mol. The van der Waals surface area contributed by atoms with Crippen LogP contribution in [-0.4, -0.2) is 38.7 Å². The van der Waals surface area contributed by atoms with Gasteiger partial charge in [0.05, 0.1) is 17.8 Å². The number of fused-ring (bicyclic) bond motifs is 1. The molecule has 166 valence electrons. The summed E-state index contributed by atoms with van der Waals surface area (Å²) in [6.07, 6.45) is 0.00661. The van der Waals surface area contributed by atoms with Crippen LogP contribution in [0.1, 0.15) is 32.4 Å². The van der Waals surface area contributed by atoms with E-state index in [1.54, 1.807) is 49.4 Å². The Bertz CT molecular complexity index is 1070. The lowest BCUT2D eigenvalue weighted by Crippen LogP contribution is -2.34. The predicted molar refractivity (Wildman–Crippen MR) is 117 cm³/mol. The fourth-order valence-corrected chi connectivity index (χ4v) is 3.99. The number of carbonyl (C=O) groups is 2. The Morgan fingerprint density at radius 1 is 1.16 bits per heavy atom. The zero-order valence-electron chi connectivity index (χ0n) is 17.5. The Hall–Kier alpha value is -3.27. The summed E-state index contributed by atoms with van der Waals surface area (Å²) in [7, 11) is -3.90. The summed E-state index contributed by atoms with van der Waals surface area (Å²) in [6.45, 7) is 5.46. The Kier molecular flexibility index (Phi) is 6.69. The van der Waals surface area contributed by atoms with Gasteiger partial charge in [0.2, 0.25) is 15.9 Å². The second-order valence-electron chi connectivity index (χ2n) is 7.43. The summed E-state index contributed by atoms with van der Waals surface area (Å²) >= 11 is 0. The average molecular weight is 448 g/mol. The van der Waals surface area contributed by atoms with Gasteiger partial charge in [-0.2, -0.15) is 0 Å². The molecule has 0 aromatic heterocycles. The number of amides is 2. The largest absolute Gasteiger partial charge is 0.491 e. The smallest absolute Gasteiger partial charge is 0.262 e. The third-order valence-electron chi connectivity index (χ3n) is 4.33. The Morgan fingerprint density at radius 2 is 1.87 bits per heavy atom. The predicted octanol–water partition coefficient (Wildman–Crippen LogP) is 2.42. The van der Waals surface area contributed by atoms with Crippen LogP contribution in [-0.2, 0) is 19.6 Å². The molecule has 1 aliphatic heterocycles. The molecular formula is C21H25N3O6S. The van der Waals surface area contributed by atoms with Crippen LogP contribution in [0.3, 0.4) is 0 Å². The standard InChI is InChI=1S/C21H25N3O6S/c1-13(2)30-17-7-5-16(6-8-17)24-31(27,28)12-21(26)22-14(3)15-4-9-19-18(10-15)23-20(25)11-29-19/h4-10,13-14,24H,11-12H2,1-3H3,(H,22,26)(H,23,25). The van der Waals surface area contributed by atoms with E-state index in [9.17, 15) is 18.0 Å². The van der Waals surface area contributed by atoms with Gasteiger partial charge in [-0.3, -0.25) is 14.3 Å². The third-order valence-corrected chi connectivity index (χ3v) is 5.52. The first-order valence-corrected chi connectivity index (χ1v) is 11.4. The maximum atomic E-state index is 12.4. The van der Waals surface area contributed by atoms with E-state index in [4.69, 9.17) is 9.47 Å². The lowest BCUT2D eigenvalue weighted by molar-refractivity contribution is -0.119. The quantitative estimate of drug-likeness (QED) is 0.571. The zero-order valence-corrected chi connectivity index (χ0v) is 18.3. The van der Waals surface area contributed by atoms with Gasteiger partial charge >= 0.3 is 0 Å². The van der Waals surface area contributed by atoms with Crippen molar-refractivity contribution in [2.75, 3.05) is 22.4 Å². The van der Waals surface area contributed by atoms with E-state index in [0.717, 1.165) is 0 Å². The van der Waals surface area contributed by atoms with Crippen molar-refractivity contribution in [3.8, 4) is 11.5 Å². The summed E-state index contributed by atoms with van der Waals surface area (Å²) < 4.78 is 37.9. The summed E-state index contributed by atoms with van der Waals surface area (Å²) in [6, 6.07) is 11.1. The van der Waals surface area contributed by atoms with Crippen LogP contribution in [0, 0.1) is 0 Å². The van der Waals surface area contributed by atoms with Gasteiger partial charge in [-0.25, -0.2) is 8.42 Å². The molecule has 0 saturated carbocycles. The fourth-order valence-electron chi connectivity index (χ4n) is 3.00. The first kappa shape index (κ1) is 22.4. The summed E-state index contributed by atoms with van der Waals surface area (Å²) in [5.74, 6) is -0.485. The van der Waals surface area contributed by atoms with Crippen molar-refractivity contribution in [2.24, 2.45) is 0 Å². The molecule has 3 N–H and O–H groups in total. The average Bonchev–Trinajstić information content (AvgIpc) is 2.67. The van der Waals surface area contributed by atoms with Crippen molar-refractivity contribution in [1.29, 1.82) is 0 Å². The number of anilines is 2. The first-order chi connectivity index (χ1) is 14.6. The number of rotatable bonds is 8. The maximum absolute atomic E-state index is 12.4. The van der Waals surface area contributed by atoms with E-state index in [1.807, 2.05) is 13.8 Å². The van der Waals surface area contributed by atoms with E-state index in [0.29, 0.717) is 28.4 Å². The molecule has 1 heterocycles. The van der Waals surface area contributed by atoms with Gasteiger partial charge < -0.3 is 20.1 Å². The number of benzene rings is 2. The van der Waals surface area contributed by atoms with Crippen LogP contribution in [0.4, 0.5) is 11.4 Å². The number of carbonyl (C=O) groups excluding carboxylic acids is 2. The molecule has 9 nitrogen and oxygen atoms in total. The molecule has 0 radical (unpaired) electrons. The van der Waals surface area contributed by atoms with E-state index < -0.39 is 27.7 Å². The second kappa shape index (κ2) is 9.25. The molecule has 1 atom stereocenters. The fraction of sp³-hybridized carbons (Fsp3) is 0.333. The van der Waals surface area contributed by atoms with Gasteiger partial charge in [-0.15, -0.1) is 0 Å². The van der Waals surface area contributed by atoms with Crippen molar-refractivity contribution in [3.63, 3.8) is 0 Å². The van der Waals surface area contributed by atoms with Gasteiger partial charge in [-0.05, 0) is 62.7 Å². The van der Waals surface area contributed by atoms with Crippen LogP contribution < -0.4 is 24.8 Å². The molecule has 10 heteroatoms. The van der Waals surface area contributed by atoms with Crippen LogP contribution >= 0.6 is 0 Å². The minimum atomic E-state index is -3.90. The summed E-state index contributed by atoms with van der Waals surface area (Å²) in [4.78, 5) is 23.8. The minimum absolute atomic E-state index is 0.00661. The highest BCUT2D eigenvalue weighted by molar-refractivity contribution is 7.93. The molecule has 3 rings (SSSR count). The van der Waals surface area contributed by atoms with Crippen molar-refractivity contribution in [2.45, 2.75) is 32.9 Å². The molecule has 2 aromatic carbocycles. The molecule has 0 fully saturated rings. The number of nitrogens with one attached hydrogen (secondary N) is 3. The first-order valence-electron chi connectivity index (χ1n) is 9.74. The molecule has 0 spiro atoms. The summed E-state index contributed by atoms with van der Waals surface area (Å²) in [5, 5.41) is 5.35. The highest BCUT2D eigenvalue weighted by Gasteiger charge is 2.21. The number of hydrogen-bond acceptors (Lipinski definition) is 6. The van der Waals surface area contributed by atoms with Crippen LogP contribution in [0.5, 0.6) is 11.5 Å². The molecule has 0 saturated heterocycles. The summed E-state index contributed by atoms with van der Waals surface area (Å²) in [5.41, 5.74) is 1.54. The Balaban J connectivity index is 1.58. The highest BCUT2D eigenvalue weighted by atomic mass is 32.2. The number of hydrogen-bond donors (Lipinski definition) is 3. The normalized spacial score (nSPS) is 14.1. The van der Waals surface area contributed by atoms with Crippen LogP contribution in [0.25, 0.3) is 0 Å². The lowest BCUT2D eigenvalue weighted by atomic mass is 10.1. The van der Waals surface area contributed by atoms with E-state index in [-0.39, 0.29) is 18.6 Å². The molecule has 31 heavy (non-hydrogen) atoms. The van der Waals surface area contributed by atoms with Crippen molar-refractivity contribution < 1.29 is 27.5 Å². The van der Waals surface area contributed by atoms with Gasteiger partial charge in [0.15, 0.2) is 6.61 Å². The topological polar surface area (TPSA) is 123 Å². The maximum Gasteiger partial charge on any atom is 0.262 e. The van der Waals surface area contributed by atoms with Gasteiger partial charge in [0.25, 0.3) is 5.91 Å². The van der Waals surface area contributed by atoms with Gasteiger partial charge in [-0.1, -0.05) is 6.07 Å². The molecule has 1 unspecified atom stereocenters. The molecule has 0 bridgehead atoms.